The third-order valence-electron chi connectivity index (χ3n) is 1.90. The Morgan fingerprint density at radius 2 is 2.50 bits per heavy atom. The number of oxime groups is 1. The van der Waals surface area contributed by atoms with E-state index in [-0.39, 0.29) is 17.4 Å². The summed E-state index contributed by atoms with van der Waals surface area (Å²) in [7, 11) is 0. The average Bonchev–Trinajstić information content (AvgIpc) is 2.05. The van der Waals surface area contributed by atoms with Crippen molar-refractivity contribution in [3.05, 3.63) is 12.2 Å². The molecule has 1 rings (SSSR count). The van der Waals surface area contributed by atoms with Crippen LogP contribution in [0.4, 0.5) is 0 Å². The van der Waals surface area contributed by atoms with Gasteiger partial charge in [0.25, 0.3) is 0 Å². The Kier molecular flexibility index (Phi) is 2.99. The maximum absolute atomic E-state index is 11.1. The summed E-state index contributed by atoms with van der Waals surface area (Å²) >= 11 is 0. The van der Waals surface area contributed by atoms with Gasteiger partial charge in [-0.15, -0.1) is 0 Å². The largest absolute Gasteiger partial charge is 0.410 e. The van der Waals surface area contributed by atoms with Gasteiger partial charge in [-0.1, -0.05) is 11.2 Å². The molecule has 3 N–H and O–H groups in total. The first-order valence-corrected chi connectivity index (χ1v) is 3.91. The summed E-state index contributed by atoms with van der Waals surface area (Å²) < 4.78 is 0. The van der Waals surface area contributed by atoms with E-state index in [1.165, 1.54) is 0 Å². The predicted molar refractivity (Wildman–Crippen MR) is 45.1 cm³/mol. The van der Waals surface area contributed by atoms with Gasteiger partial charge >= 0.3 is 0 Å². The summed E-state index contributed by atoms with van der Waals surface area (Å²) in [5.74, 6) is 0.103. The fourth-order valence-corrected chi connectivity index (χ4v) is 1.23. The second kappa shape index (κ2) is 4.01. The summed E-state index contributed by atoms with van der Waals surface area (Å²) in [5.41, 5.74) is 5.49. The number of nitrogens with two attached hydrogens (primary N) is 1. The Hall–Kier alpha value is -1.16. The zero-order valence-electron chi connectivity index (χ0n) is 6.73. The van der Waals surface area contributed by atoms with Crippen LogP contribution in [0.1, 0.15) is 12.8 Å². The lowest BCUT2D eigenvalue weighted by Crippen LogP contribution is -2.21. The number of ketones is 1. The molecule has 4 heteroatoms. The summed E-state index contributed by atoms with van der Waals surface area (Å²) in [6.45, 7) is 0.577. The van der Waals surface area contributed by atoms with Gasteiger partial charge in [-0.05, 0) is 25.0 Å². The van der Waals surface area contributed by atoms with Crippen LogP contribution in [0.25, 0.3) is 0 Å². The number of carbonyl (C=O) groups is 1. The van der Waals surface area contributed by atoms with Gasteiger partial charge in [0.15, 0.2) is 5.78 Å². The highest BCUT2D eigenvalue weighted by Crippen LogP contribution is 2.15. The van der Waals surface area contributed by atoms with Gasteiger partial charge in [0.2, 0.25) is 0 Å². The van der Waals surface area contributed by atoms with Crippen LogP contribution in [-0.2, 0) is 4.79 Å². The first kappa shape index (κ1) is 8.93. The number of hydrogen-bond acceptors (Lipinski definition) is 4. The first-order chi connectivity index (χ1) is 5.77. The quantitative estimate of drug-likeness (QED) is 0.460. The fraction of sp³-hybridized carbons (Fsp3) is 0.500. The highest BCUT2D eigenvalue weighted by atomic mass is 16.4. The van der Waals surface area contributed by atoms with E-state index < -0.39 is 0 Å². The third-order valence-corrected chi connectivity index (χ3v) is 1.90. The molecule has 0 aromatic carbocycles. The van der Waals surface area contributed by atoms with E-state index in [0.29, 0.717) is 13.0 Å². The van der Waals surface area contributed by atoms with Gasteiger partial charge in [-0.2, -0.15) is 0 Å². The van der Waals surface area contributed by atoms with E-state index in [9.17, 15) is 4.79 Å². The van der Waals surface area contributed by atoms with Crippen molar-refractivity contribution in [1.29, 1.82) is 0 Å². The Bertz CT molecular complexity index is 233. The Labute approximate surface area is 70.7 Å². The number of nitrogens with zero attached hydrogens (tertiary/aromatic N) is 1. The van der Waals surface area contributed by atoms with Crippen molar-refractivity contribution in [3.63, 3.8) is 0 Å². The van der Waals surface area contributed by atoms with E-state index in [1.807, 2.05) is 6.08 Å². The van der Waals surface area contributed by atoms with Gasteiger partial charge in [0.05, 0.1) is 0 Å². The van der Waals surface area contributed by atoms with Crippen LogP contribution in [-0.4, -0.2) is 23.2 Å². The second-order valence-corrected chi connectivity index (χ2v) is 2.81. The lowest BCUT2D eigenvalue weighted by Gasteiger charge is -2.14. The van der Waals surface area contributed by atoms with Crippen molar-refractivity contribution >= 4 is 11.5 Å². The molecule has 0 aromatic heterocycles. The highest BCUT2D eigenvalue weighted by molar-refractivity contribution is 6.44. The topological polar surface area (TPSA) is 75.7 Å². The van der Waals surface area contributed by atoms with Gasteiger partial charge in [0.1, 0.15) is 5.71 Å². The molecule has 1 aliphatic carbocycles. The second-order valence-electron chi connectivity index (χ2n) is 2.81. The van der Waals surface area contributed by atoms with E-state index in [4.69, 9.17) is 10.9 Å². The smallest absolute Gasteiger partial charge is 0.185 e. The average molecular weight is 168 g/mol. The lowest BCUT2D eigenvalue weighted by molar-refractivity contribution is -0.113. The standard InChI is InChI=1S/C8H12N2O2/c9-4-3-6-1-2-7(10-12)8(11)5-6/h1-2,6,12H,3-5,9H2. The van der Waals surface area contributed by atoms with E-state index in [1.54, 1.807) is 6.08 Å². The molecule has 0 radical (unpaired) electrons. The minimum absolute atomic E-state index is 0.113. The van der Waals surface area contributed by atoms with E-state index >= 15 is 0 Å². The molecule has 66 valence electrons. The molecule has 4 nitrogen and oxygen atoms in total. The Morgan fingerprint density at radius 1 is 1.75 bits per heavy atom. The molecular formula is C8H12N2O2. The molecule has 0 bridgehead atoms. The normalized spacial score (nSPS) is 26.6. The van der Waals surface area contributed by atoms with Crippen molar-refractivity contribution in [2.45, 2.75) is 12.8 Å². The van der Waals surface area contributed by atoms with Crippen LogP contribution in [0.2, 0.25) is 0 Å². The van der Waals surface area contributed by atoms with E-state index in [2.05, 4.69) is 5.16 Å². The van der Waals surface area contributed by atoms with Crippen LogP contribution < -0.4 is 5.73 Å². The molecule has 1 unspecified atom stereocenters. The van der Waals surface area contributed by atoms with Gasteiger partial charge in [0, 0.05) is 6.42 Å². The minimum Gasteiger partial charge on any atom is -0.410 e. The third kappa shape index (κ3) is 1.92. The van der Waals surface area contributed by atoms with Gasteiger partial charge < -0.3 is 10.9 Å². The SMILES string of the molecule is NCCC1C=CC(=NO)C(=O)C1. The summed E-state index contributed by atoms with van der Waals surface area (Å²) in [6, 6.07) is 0. The van der Waals surface area contributed by atoms with Crippen molar-refractivity contribution in [2.75, 3.05) is 6.54 Å². The Morgan fingerprint density at radius 3 is 3.00 bits per heavy atom. The van der Waals surface area contributed by atoms with Gasteiger partial charge in [-0.3, -0.25) is 4.79 Å². The van der Waals surface area contributed by atoms with Crippen LogP contribution in [0, 0.1) is 5.92 Å². The predicted octanol–water partition coefficient (Wildman–Crippen LogP) is 0.311. The molecule has 0 aliphatic heterocycles. The number of hydrogen-bond donors (Lipinski definition) is 2. The van der Waals surface area contributed by atoms with E-state index in [0.717, 1.165) is 6.42 Å². The molecule has 0 fully saturated rings. The van der Waals surface area contributed by atoms with Crippen molar-refractivity contribution in [1.82, 2.24) is 0 Å². The summed E-state index contributed by atoms with van der Waals surface area (Å²) in [5, 5.41) is 11.2. The van der Waals surface area contributed by atoms with Crippen LogP contribution in [0.15, 0.2) is 17.3 Å². The van der Waals surface area contributed by atoms with Crippen molar-refractivity contribution in [3.8, 4) is 0 Å². The van der Waals surface area contributed by atoms with Crippen LogP contribution in [0.3, 0.4) is 0 Å². The molecule has 1 aliphatic rings. The molecule has 12 heavy (non-hydrogen) atoms. The minimum atomic E-state index is -0.113. The first-order valence-electron chi connectivity index (χ1n) is 3.91. The fourth-order valence-electron chi connectivity index (χ4n) is 1.23. The number of carbonyl (C=O) groups excluding carboxylic acids is 1. The highest BCUT2D eigenvalue weighted by Gasteiger charge is 2.19. The molecule has 0 saturated carbocycles. The summed E-state index contributed by atoms with van der Waals surface area (Å²) in [6.07, 6.45) is 4.63. The molecular weight excluding hydrogens is 156 g/mol. The molecule has 0 spiro atoms. The zero-order chi connectivity index (χ0) is 8.97. The number of Topliss-reactive ketones (excluding diaryl/α,β-unsaturated/α-hetero) is 1. The lowest BCUT2D eigenvalue weighted by atomic mass is 9.91. The van der Waals surface area contributed by atoms with Crippen molar-refractivity contribution in [2.24, 2.45) is 16.8 Å². The van der Waals surface area contributed by atoms with Gasteiger partial charge in [-0.25, -0.2) is 0 Å². The number of allylic oxidation sites excluding steroid dienone is 2. The number of rotatable bonds is 2. The zero-order valence-corrected chi connectivity index (χ0v) is 6.73. The van der Waals surface area contributed by atoms with Crippen LogP contribution >= 0.6 is 0 Å². The monoisotopic (exact) mass is 168 g/mol. The van der Waals surface area contributed by atoms with Crippen molar-refractivity contribution < 1.29 is 10.0 Å². The molecule has 0 heterocycles. The molecule has 0 aromatic rings. The Balaban J connectivity index is 2.64. The molecule has 1 atom stereocenters. The molecule has 0 saturated heterocycles. The maximum Gasteiger partial charge on any atom is 0.185 e. The molecule has 0 amide bonds. The van der Waals surface area contributed by atoms with Crippen LogP contribution in [0.5, 0.6) is 0 Å². The summed E-state index contributed by atoms with van der Waals surface area (Å²) in [4.78, 5) is 11.1. The maximum atomic E-state index is 11.1.